The number of benzene rings is 2. The van der Waals surface area contributed by atoms with E-state index in [1.165, 1.54) is 23.9 Å². The minimum atomic E-state index is -0.345. The van der Waals surface area contributed by atoms with E-state index >= 15 is 0 Å². The van der Waals surface area contributed by atoms with Gasteiger partial charge in [-0.05, 0) is 54.6 Å². The van der Waals surface area contributed by atoms with Gasteiger partial charge in [0.25, 0.3) is 0 Å². The van der Waals surface area contributed by atoms with Gasteiger partial charge in [0, 0.05) is 28.1 Å². The van der Waals surface area contributed by atoms with Gasteiger partial charge in [0.1, 0.15) is 5.82 Å². The van der Waals surface area contributed by atoms with Gasteiger partial charge in [-0.2, -0.15) is 0 Å². The number of nitrogens with zero attached hydrogens (tertiary/aromatic N) is 4. The number of carbonyl (C=O) groups excluding carboxylic acids is 1. The van der Waals surface area contributed by atoms with Crippen molar-refractivity contribution in [2.24, 2.45) is 0 Å². The van der Waals surface area contributed by atoms with E-state index in [9.17, 15) is 9.18 Å². The predicted octanol–water partition coefficient (Wildman–Crippen LogP) is 5.62. The number of amides is 1. The molecule has 1 amide bonds. The third kappa shape index (κ3) is 5.12. The molecule has 0 fully saturated rings. The van der Waals surface area contributed by atoms with Crippen LogP contribution in [0.5, 0.6) is 0 Å². The lowest BCUT2D eigenvalue weighted by atomic mass is 10.2. The van der Waals surface area contributed by atoms with E-state index in [1.807, 2.05) is 0 Å². The van der Waals surface area contributed by atoms with Crippen LogP contribution in [-0.2, 0) is 4.79 Å². The molecule has 2 heterocycles. The largest absolute Gasteiger partial charge is 0.324 e. The number of halogens is 3. The molecule has 0 spiro atoms. The summed E-state index contributed by atoms with van der Waals surface area (Å²) in [6.07, 6.45) is 3.31. The number of rotatable bonds is 6. The van der Waals surface area contributed by atoms with Crippen LogP contribution in [0.4, 0.5) is 10.1 Å². The maximum atomic E-state index is 13.5. The summed E-state index contributed by atoms with van der Waals surface area (Å²) in [5.41, 5.74) is 2.00. The lowest BCUT2D eigenvalue weighted by Gasteiger charge is -2.11. The Bertz CT molecular complexity index is 1220. The number of hydrogen-bond acceptors (Lipinski definition) is 5. The molecule has 31 heavy (non-hydrogen) atoms. The van der Waals surface area contributed by atoms with Crippen molar-refractivity contribution in [3.05, 3.63) is 82.3 Å². The molecule has 0 saturated heterocycles. The van der Waals surface area contributed by atoms with Gasteiger partial charge < -0.3 is 5.32 Å². The molecule has 0 unspecified atom stereocenters. The van der Waals surface area contributed by atoms with Crippen LogP contribution in [0.3, 0.4) is 0 Å². The Balaban J connectivity index is 1.58. The second kappa shape index (κ2) is 9.59. The van der Waals surface area contributed by atoms with Crippen LogP contribution >= 0.6 is 39.3 Å². The molecule has 10 heteroatoms. The van der Waals surface area contributed by atoms with E-state index < -0.39 is 0 Å². The zero-order valence-electron chi connectivity index (χ0n) is 15.8. The highest BCUT2D eigenvalue weighted by Gasteiger charge is 2.18. The molecular formula is C21H14BrClFN5OS. The van der Waals surface area contributed by atoms with Crippen LogP contribution in [0.1, 0.15) is 0 Å². The van der Waals surface area contributed by atoms with Crippen LogP contribution < -0.4 is 5.32 Å². The summed E-state index contributed by atoms with van der Waals surface area (Å²) in [4.78, 5) is 16.5. The van der Waals surface area contributed by atoms with Crippen molar-refractivity contribution >= 4 is 50.9 Å². The van der Waals surface area contributed by atoms with E-state index in [1.54, 1.807) is 59.4 Å². The van der Waals surface area contributed by atoms with Crippen LogP contribution in [0.2, 0.25) is 5.02 Å². The van der Waals surface area contributed by atoms with Crippen molar-refractivity contribution in [3.63, 3.8) is 0 Å². The van der Waals surface area contributed by atoms with Gasteiger partial charge in [-0.15, -0.1) is 10.2 Å². The highest BCUT2D eigenvalue weighted by atomic mass is 79.9. The molecule has 156 valence electrons. The summed E-state index contributed by atoms with van der Waals surface area (Å²) in [6.45, 7) is 0. The molecule has 0 bridgehead atoms. The number of pyridine rings is 1. The first kappa shape index (κ1) is 21.5. The van der Waals surface area contributed by atoms with Crippen LogP contribution in [0.15, 0.2) is 76.6 Å². The standard InChI is InChI=1S/C21H14BrClFN5OS/c22-14-1-6-18(17(23)11-14)26-19(30)12-31-21-28-27-20(13-7-9-25-10-8-13)29(21)16-4-2-15(24)3-5-16/h1-11H,12H2,(H,26,30). The molecule has 0 radical (unpaired) electrons. The Kier molecular flexibility index (Phi) is 6.64. The first-order chi connectivity index (χ1) is 15.0. The van der Waals surface area contributed by atoms with Crippen molar-refractivity contribution in [2.45, 2.75) is 5.16 Å². The van der Waals surface area contributed by atoms with Crippen LogP contribution in [0.25, 0.3) is 17.1 Å². The fourth-order valence-electron chi connectivity index (χ4n) is 2.78. The molecule has 2 aromatic heterocycles. The zero-order valence-corrected chi connectivity index (χ0v) is 19.0. The van der Waals surface area contributed by atoms with Crippen molar-refractivity contribution in [1.82, 2.24) is 19.7 Å². The fourth-order valence-corrected chi connectivity index (χ4v) is 4.25. The lowest BCUT2D eigenvalue weighted by Crippen LogP contribution is -2.15. The normalized spacial score (nSPS) is 10.8. The van der Waals surface area contributed by atoms with E-state index in [0.29, 0.717) is 27.4 Å². The van der Waals surface area contributed by atoms with Crippen molar-refractivity contribution in [1.29, 1.82) is 0 Å². The van der Waals surface area contributed by atoms with E-state index in [2.05, 4.69) is 36.4 Å². The van der Waals surface area contributed by atoms with Crippen LogP contribution in [-0.4, -0.2) is 31.4 Å². The first-order valence-corrected chi connectivity index (χ1v) is 11.2. The SMILES string of the molecule is O=C(CSc1nnc(-c2ccncc2)n1-c1ccc(F)cc1)Nc1ccc(Br)cc1Cl. The molecule has 2 aromatic carbocycles. The summed E-state index contributed by atoms with van der Waals surface area (Å²) in [5, 5.41) is 12.2. The minimum absolute atomic E-state index is 0.0854. The second-order valence-corrected chi connectivity index (χ2v) is 8.58. The number of nitrogens with one attached hydrogen (secondary N) is 1. The van der Waals surface area contributed by atoms with Crippen molar-refractivity contribution in [3.8, 4) is 17.1 Å². The van der Waals surface area contributed by atoms with E-state index in [0.717, 1.165) is 10.0 Å². The number of carbonyl (C=O) groups is 1. The lowest BCUT2D eigenvalue weighted by molar-refractivity contribution is -0.113. The maximum absolute atomic E-state index is 13.5. The van der Waals surface area contributed by atoms with Crippen LogP contribution in [0, 0.1) is 5.82 Å². The number of hydrogen-bond donors (Lipinski definition) is 1. The summed E-state index contributed by atoms with van der Waals surface area (Å²) in [6, 6.07) is 14.8. The van der Waals surface area contributed by atoms with Gasteiger partial charge in [-0.3, -0.25) is 14.3 Å². The average molecular weight is 519 g/mol. The Morgan fingerprint density at radius 3 is 2.55 bits per heavy atom. The van der Waals surface area contributed by atoms with Crippen molar-refractivity contribution < 1.29 is 9.18 Å². The van der Waals surface area contributed by atoms with Gasteiger partial charge in [0.2, 0.25) is 5.91 Å². The highest BCUT2D eigenvalue weighted by Crippen LogP contribution is 2.29. The Hall–Kier alpha value is -2.75. The molecule has 1 N–H and O–H groups in total. The van der Waals surface area contributed by atoms with Gasteiger partial charge >= 0.3 is 0 Å². The number of thioether (sulfide) groups is 1. The minimum Gasteiger partial charge on any atom is -0.324 e. The average Bonchev–Trinajstić information content (AvgIpc) is 3.19. The molecular weight excluding hydrogens is 505 g/mol. The Morgan fingerprint density at radius 1 is 1.10 bits per heavy atom. The number of aromatic nitrogens is 4. The number of anilines is 1. The fraction of sp³-hybridized carbons (Fsp3) is 0.0476. The van der Waals surface area contributed by atoms with Crippen molar-refractivity contribution in [2.75, 3.05) is 11.1 Å². The third-order valence-electron chi connectivity index (χ3n) is 4.19. The molecule has 0 aliphatic rings. The quantitative estimate of drug-likeness (QED) is 0.336. The molecule has 0 aliphatic carbocycles. The molecule has 4 rings (SSSR count). The summed E-state index contributed by atoms with van der Waals surface area (Å²) in [7, 11) is 0. The smallest absolute Gasteiger partial charge is 0.234 e. The molecule has 0 atom stereocenters. The van der Waals surface area contributed by atoms with E-state index in [-0.39, 0.29) is 17.5 Å². The molecule has 6 nitrogen and oxygen atoms in total. The van der Waals surface area contributed by atoms with Gasteiger partial charge in [-0.25, -0.2) is 4.39 Å². The monoisotopic (exact) mass is 517 g/mol. The predicted molar refractivity (Wildman–Crippen MR) is 123 cm³/mol. The van der Waals surface area contributed by atoms with Gasteiger partial charge in [-0.1, -0.05) is 39.3 Å². The zero-order chi connectivity index (χ0) is 21.8. The maximum Gasteiger partial charge on any atom is 0.234 e. The summed E-state index contributed by atoms with van der Waals surface area (Å²) in [5.74, 6) is 0.0608. The Labute approximate surface area is 195 Å². The first-order valence-electron chi connectivity index (χ1n) is 9.01. The summed E-state index contributed by atoms with van der Waals surface area (Å²) >= 11 is 10.7. The van der Waals surface area contributed by atoms with Gasteiger partial charge in [0.15, 0.2) is 11.0 Å². The second-order valence-electron chi connectivity index (χ2n) is 6.31. The topological polar surface area (TPSA) is 72.7 Å². The van der Waals surface area contributed by atoms with E-state index in [4.69, 9.17) is 11.6 Å². The Morgan fingerprint density at radius 2 is 1.84 bits per heavy atom. The van der Waals surface area contributed by atoms with Gasteiger partial charge in [0.05, 0.1) is 16.5 Å². The molecule has 4 aromatic rings. The molecule has 0 aliphatic heterocycles. The molecule has 0 saturated carbocycles. The summed E-state index contributed by atoms with van der Waals surface area (Å²) < 4.78 is 16.0. The highest BCUT2D eigenvalue weighted by molar-refractivity contribution is 9.10. The third-order valence-corrected chi connectivity index (χ3v) is 5.93.